The van der Waals surface area contributed by atoms with Crippen molar-refractivity contribution in [1.29, 1.82) is 0 Å². The first kappa shape index (κ1) is 20.8. The molecule has 0 aromatic carbocycles. The number of likely N-dealkylation sites (tertiary alicyclic amines) is 2. The third-order valence-corrected chi connectivity index (χ3v) is 5.08. The second-order valence-electron chi connectivity index (χ2n) is 9.76. The van der Waals surface area contributed by atoms with E-state index in [4.69, 9.17) is 9.47 Å². The highest BCUT2D eigenvalue weighted by atomic mass is 16.6. The summed E-state index contributed by atoms with van der Waals surface area (Å²) in [6, 6.07) is 0.189. The van der Waals surface area contributed by atoms with Crippen molar-refractivity contribution in [2.24, 2.45) is 0 Å². The Morgan fingerprint density at radius 2 is 1.00 bits per heavy atom. The van der Waals surface area contributed by atoms with E-state index in [1.165, 1.54) is 0 Å². The second-order valence-corrected chi connectivity index (χ2v) is 9.76. The molecule has 0 radical (unpaired) electrons. The van der Waals surface area contributed by atoms with Gasteiger partial charge in [0.05, 0.1) is 12.1 Å². The summed E-state index contributed by atoms with van der Waals surface area (Å²) in [6.07, 6.45) is 2.92. The molecule has 150 valence electrons. The van der Waals surface area contributed by atoms with E-state index in [1.807, 2.05) is 51.3 Å². The highest BCUT2D eigenvalue weighted by Crippen LogP contribution is 2.37. The quantitative estimate of drug-likeness (QED) is 0.629. The Bertz CT molecular complexity index is 487. The van der Waals surface area contributed by atoms with Crippen LogP contribution in [0.5, 0.6) is 0 Å². The van der Waals surface area contributed by atoms with Crippen molar-refractivity contribution >= 4 is 12.2 Å². The fourth-order valence-electron chi connectivity index (χ4n) is 4.05. The number of nitrogens with zero attached hydrogens (tertiary/aromatic N) is 2. The molecule has 0 bridgehead atoms. The van der Waals surface area contributed by atoms with Gasteiger partial charge in [0.25, 0.3) is 0 Å². The minimum Gasteiger partial charge on any atom is -0.444 e. The van der Waals surface area contributed by atoms with E-state index in [0.717, 1.165) is 25.7 Å². The number of piperidine rings is 2. The van der Waals surface area contributed by atoms with Crippen molar-refractivity contribution in [1.82, 2.24) is 9.80 Å². The molecule has 0 saturated carbocycles. The summed E-state index contributed by atoms with van der Waals surface area (Å²) in [7, 11) is 0. The predicted molar refractivity (Wildman–Crippen MR) is 101 cm³/mol. The Balaban J connectivity index is 2.24. The molecule has 4 atom stereocenters. The molecule has 0 spiro atoms. The molecule has 0 aromatic heterocycles. The van der Waals surface area contributed by atoms with Gasteiger partial charge >= 0.3 is 12.2 Å². The van der Waals surface area contributed by atoms with E-state index in [2.05, 4.69) is 13.8 Å². The van der Waals surface area contributed by atoms with Gasteiger partial charge in [0, 0.05) is 12.1 Å². The first-order valence-corrected chi connectivity index (χ1v) is 9.83. The summed E-state index contributed by atoms with van der Waals surface area (Å²) in [5, 5.41) is 0. The average molecular weight is 369 g/mol. The molecule has 2 heterocycles. The number of amides is 2. The lowest BCUT2D eigenvalue weighted by molar-refractivity contribution is -0.0611. The smallest absolute Gasteiger partial charge is 0.410 e. The Morgan fingerprint density at radius 1 is 0.692 bits per heavy atom. The van der Waals surface area contributed by atoms with Crippen LogP contribution in [0.4, 0.5) is 9.59 Å². The van der Waals surface area contributed by atoms with Crippen LogP contribution in [0.3, 0.4) is 0 Å². The van der Waals surface area contributed by atoms with Crippen LogP contribution in [0, 0.1) is 0 Å². The van der Waals surface area contributed by atoms with Crippen LogP contribution in [-0.4, -0.2) is 57.4 Å². The lowest BCUT2D eigenvalue weighted by Gasteiger charge is -2.53. The summed E-state index contributed by atoms with van der Waals surface area (Å²) < 4.78 is 11.3. The Morgan fingerprint density at radius 3 is 1.27 bits per heavy atom. The summed E-state index contributed by atoms with van der Waals surface area (Å²) >= 11 is 0. The van der Waals surface area contributed by atoms with Gasteiger partial charge in [0.2, 0.25) is 0 Å². The average Bonchev–Trinajstić information content (AvgIpc) is 2.43. The van der Waals surface area contributed by atoms with Gasteiger partial charge in [-0.3, -0.25) is 0 Å². The molecule has 2 aliphatic rings. The molecule has 6 nitrogen and oxygen atoms in total. The van der Waals surface area contributed by atoms with Gasteiger partial charge in [-0.2, -0.15) is 0 Å². The lowest BCUT2D eigenvalue weighted by atomic mass is 9.83. The molecule has 2 unspecified atom stereocenters. The van der Waals surface area contributed by atoms with E-state index in [9.17, 15) is 9.59 Å². The van der Waals surface area contributed by atoms with Crippen LogP contribution >= 0.6 is 0 Å². The first-order chi connectivity index (χ1) is 11.8. The highest BCUT2D eigenvalue weighted by Gasteiger charge is 2.48. The molecule has 6 heteroatoms. The molecule has 2 rings (SSSR count). The number of fused-ring (bicyclic) bond motifs is 1. The van der Waals surface area contributed by atoms with Gasteiger partial charge in [-0.05, 0) is 81.1 Å². The zero-order valence-corrected chi connectivity index (χ0v) is 17.7. The number of hydrogen-bond acceptors (Lipinski definition) is 4. The molecule has 0 aliphatic carbocycles. The molecule has 2 fully saturated rings. The highest BCUT2D eigenvalue weighted by molar-refractivity contribution is 5.71. The van der Waals surface area contributed by atoms with Gasteiger partial charge in [-0.15, -0.1) is 0 Å². The third kappa shape index (κ3) is 4.83. The maximum Gasteiger partial charge on any atom is 0.410 e. The van der Waals surface area contributed by atoms with Gasteiger partial charge < -0.3 is 19.3 Å². The minimum atomic E-state index is -0.531. The predicted octanol–water partition coefficient (Wildman–Crippen LogP) is 4.56. The van der Waals surface area contributed by atoms with Crippen LogP contribution in [0.15, 0.2) is 0 Å². The summed E-state index contributed by atoms with van der Waals surface area (Å²) in [6.45, 7) is 15.4. The van der Waals surface area contributed by atoms with E-state index < -0.39 is 11.2 Å². The van der Waals surface area contributed by atoms with Crippen LogP contribution in [0.1, 0.15) is 81.1 Å². The molecule has 0 aromatic rings. The molecular formula is C20H36N2O4. The Kier molecular flexibility index (Phi) is 5.83. The number of ether oxygens (including phenoxy) is 2. The number of rotatable bonds is 0. The van der Waals surface area contributed by atoms with Crippen LogP contribution in [0.25, 0.3) is 0 Å². The van der Waals surface area contributed by atoms with Gasteiger partial charge in [-0.25, -0.2) is 9.59 Å². The molecule has 2 saturated heterocycles. The minimum absolute atomic E-state index is 0.0164. The van der Waals surface area contributed by atoms with Crippen LogP contribution < -0.4 is 0 Å². The SMILES string of the molecule is CC1CC[C@@H]2[C@@H](CCC(C)N2C(=O)OC(C)(C)C)N1C(=O)OC(C)(C)C. The summed E-state index contributed by atoms with van der Waals surface area (Å²) in [5.41, 5.74) is -1.06. The van der Waals surface area contributed by atoms with Crippen molar-refractivity contribution in [3.05, 3.63) is 0 Å². The molecular weight excluding hydrogens is 332 g/mol. The largest absolute Gasteiger partial charge is 0.444 e. The monoisotopic (exact) mass is 368 g/mol. The van der Waals surface area contributed by atoms with Crippen LogP contribution in [-0.2, 0) is 9.47 Å². The summed E-state index contributed by atoms with van der Waals surface area (Å²) in [5.74, 6) is 0. The second kappa shape index (κ2) is 7.28. The van der Waals surface area contributed by atoms with Crippen molar-refractivity contribution in [2.45, 2.75) is 116 Å². The van der Waals surface area contributed by atoms with E-state index in [0.29, 0.717) is 0 Å². The molecule has 2 aliphatic heterocycles. The van der Waals surface area contributed by atoms with Crippen molar-refractivity contribution in [3.8, 4) is 0 Å². The van der Waals surface area contributed by atoms with Crippen LogP contribution in [0.2, 0.25) is 0 Å². The number of carbonyl (C=O) groups excluding carboxylic acids is 2. The molecule has 26 heavy (non-hydrogen) atoms. The molecule has 0 N–H and O–H groups in total. The van der Waals surface area contributed by atoms with E-state index >= 15 is 0 Å². The number of hydrogen-bond donors (Lipinski definition) is 0. The van der Waals surface area contributed by atoms with Gasteiger partial charge in [0.15, 0.2) is 0 Å². The lowest BCUT2D eigenvalue weighted by Crippen LogP contribution is -2.65. The fourth-order valence-corrected chi connectivity index (χ4v) is 4.05. The zero-order valence-electron chi connectivity index (χ0n) is 17.7. The standard InChI is InChI=1S/C20H36N2O4/c1-13-9-11-16-15(21(13)17(23)25-19(3,4)5)12-10-14(2)22(16)18(24)26-20(6,7)8/h13-16H,9-12H2,1-8H3/t13?,14?,15-,16-/m1/s1. The Labute approximate surface area is 158 Å². The van der Waals surface area contributed by atoms with Crippen molar-refractivity contribution in [3.63, 3.8) is 0 Å². The maximum atomic E-state index is 12.8. The maximum absolute atomic E-state index is 12.8. The van der Waals surface area contributed by atoms with Gasteiger partial charge in [0.1, 0.15) is 11.2 Å². The van der Waals surface area contributed by atoms with Crippen molar-refractivity contribution < 1.29 is 19.1 Å². The number of carbonyl (C=O) groups is 2. The molecule has 2 amide bonds. The first-order valence-electron chi connectivity index (χ1n) is 9.83. The Hall–Kier alpha value is -1.46. The zero-order chi connectivity index (χ0) is 19.9. The normalized spacial score (nSPS) is 29.8. The third-order valence-electron chi connectivity index (χ3n) is 5.08. The van der Waals surface area contributed by atoms with Crippen molar-refractivity contribution in [2.75, 3.05) is 0 Å². The fraction of sp³-hybridized carbons (Fsp3) is 0.900. The summed E-state index contributed by atoms with van der Waals surface area (Å²) in [4.78, 5) is 29.4. The van der Waals surface area contributed by atoms with Gasteiger partial charge in [-0.1, -0.05) is 0 Å². The van der Waals surface area contributed by atoms with E-state index in [1.54, 1.807) is 0 Å². The topological polar surface area (TPSA) is 59.1 Å². The van der Waals surface area contributed by atoms with E-state index in [-0.39, 0.29) is 36.4 Å².